The second-order valence-corrected chi connectivity index (χ2v) is 6.31. The normalized spacial score (nSPS) is 21.2. The van der Waals surface area contributed by atoms with Crippen molar-refractivity contribution in [2.45, 2.75) is 18.6 Å². The van der Waals surface area contributed by atoms with Crippen LogP contribution in [0.25, 0.3) is 22.3 Å². The lowest BCUT2D eigenvalue weighted by Gasteiger charge is -2.35. The summed E-state index contributed by atoms with van der Waals surface area (Å²) in [4.78, 5) is 11.6. The van der Waals surface area contributed by atoms with Crippen LogP contribution >= 0.6 is 0 Å². The Kier molecular flexibility index (Phi) is 3.88. The Hall–Kier alpha value is -2.50. The van der Waals surface area contributed by atoms with Gasteiger partial charge >= 0.3 is 0 Å². The molecule has 24 heavy (non-hydrogen) atoms. The molecule has 1 aromatic heterocycles. The molecule has 4 rings (SSSR count). The van der Waals surface area contributed by atoms with Gasteiger partial charge in [0.25, 0.3) is 0 Å². The number of benzene rings is 2. The molecule has 0 spiro atoms. The number of nitrogens with zero attached hydrogens (tertiary/aromatic N) is 3. The van der Waals surface area contributed by atoms with E-state index in [0.29, 0.717) is 25.3 Å². The van der Waals surface area contributed by atoms with Gasteiger partial charge in [-0.3, -0.25) is 0 Å². The predicted molar refractivity (Wildman–Crippen MR) is 95.8 cm³/mol. The zero-order valence-electron chi connectivity index (χ0n) is 13.3. The lowest BCUT2D eigenvalue weighted by atomic mass is 10.0. The maximum Gasteiger partial charge on any atom is 0.162 e. The fourth-order valence-electron chi connectivity index (χ4n) is 3.30. The fraction of sp³-hybridized carbons (Fsp3) is 0.263. The minimum absolute atomic E-state index is 0.0531. The van der Waals surface area contributed by atoms with Crippen molar-refractivity contribution in [3.63, 3.8) is 0 Å². The molecule has 5 nitrogen and oxygen atoms in total. The van der Waals surface area contributed by atoms with Crippen LogP contribution in [0, 0.1) is 0 Å². The summed E-state index contributed by atoms with van der Waals surface area (Å²) in [7, 11) is 0. The molecule has 2 atom stereocenters. The standard InChI is InChI=1S/C19H20N4O/c20-14-10-15(24)12-23(11-14)19-16-8-4-5-9-17(16)21-18(22-19)13-6-2-1-3-7-13/h1-9,14-15,24H,10-12,20H2/t14-,15+/m0/s1. The van der Waals surface area contributed by atoms with Crippen molar-refractivity contribution in [2.24, 2.45) is 5.73 Å². The van der Waals surface area contributed by atoms with E-state index in [2.05, 4.69) is 4.90 Å². The van der Waals surface area contributed by atoms with Gasteiger partial charge in [-0.15, -0.1) is 0 Å². The second-order valence-electron chi connectivity index (χ2n) is 6.31. The minimum atomic E-state index is -0.428. The predicted octanol–water partition coefficient (Wildman–Crippen LogP) is 2.20. The lowest BCUT2D eigenvalue weighted by molar-refractivity contribution is 0.145. The summed E-state index contributed by atoms with van der Waals surface area (Å²) in [6.45, 7) is 1.23. The molecule has 2 aromatic carbocycles. The van der Waals surface area contributed by atoms with Crippen molar-refractivity contribution < 1.29 is 5.11 Å². The number of hydrogen-bond acceptors (Lipinski definition) is 5. The monoisotopic (exact) mass is 320 g/mol. The number of fused-ring (bicyclic) bond motifs is 1. The number of β-amino-alcohol motifs (C(OH)–C–C–N with tert-alkyl or cyclic N) is 1. The van der Waals surface area contributed by atoms with Crippen LogP contribution in [-0.2, 0) is 0 Å². The van der Waals surface area contributed by atoms with E-state index in [0.717, 1.165) is 22.3 Å². The van der Waals surface area contributed by atoms with E-state index in [1.54, 1.807) is 0 Å². The molecular formula is C19H20N4O. The number of piperidine rings is 1. The topological polar surface area (TPSA) is 75.3 Å². The summed E-state index contributed by atoms with van der Waals surface area (Å²) in [6.07, 6.45) is 0.202. The molecule has 122 valence electrons. The third-order valence-electron chi connectivity index (χ3n) is 4.38. The van der Waals surface area contributed by atoms with Crippen LogP contribution in [0.3, 0.4) is 0 Å². The molecule has 0 radical (unpaired) electrons. The number of nitrogens with two attached hydrogens (primary N) is 1. The van der Waals surface area contributed by atoms with Gasteiger partial charge in [0.2, 0.25) is 0 Å². The molecule has 0 aliphatic carbocycles. The number of aliphatic hydroxyl groups is 1. The Morgan fingerprint density at radius 3 is 2.50 bits per heavy atom. The Balaban J connectivity index is 1.87. The first-order chi connectivity index (χ1) is 11.7. The van der Waals surface area contributed by atoms with Gasteiger partial charge in [-0.1, -0.05) is 42.5 Å². The van der Waals surface area contributed by atoms with Crippen LogP contribution in [0.4, 0.5) is 5.82 Å². The summed E-state index contributed by atoms with van der Waals surface area (Å²) >= 11 is 0. The molecule has 0 saturated carbocycles. The third kappa shape index (κ3) is 2.84. The summed E-state index contributed by atoms with van der Waals surface area (Å²) < 4.78 is 0. The van der Waals surface area contributed by atoms with E-state index in [1.807, 2.05) is 54.6 Å². The third-order valence-corrected chi connectivity index (χ3v) is 4.38. The van der Waals surface area contributed by atoms with Crippen molar-refractivity contribution in [3.8, 4) is 11.4 Å². The van der Waals surface area contributed by atoms with Gasteiger partial charge in [-0.2, -0.15) is 0 Å². The van der Waals surface area contributed by atoms with E-state index in [1.165, 1.54) is 0 Å². The number of anilines is 1. The van der Waals surface area contributed by atoms with Crippen LogP contribution < -0.4 is 10.6 Å². The van der Waals surface area contributed by atoms with Gasteiger partial charge < -0.3 is 15.7 Å². The SMILES string of the molecule is N[C@H]1C[C@@H](O)CN(c2nc(-c3ccccc3)nc3ccccc23)C1. The smallest absolute Gasteiger partial charge is 0.162 e. The van der Waals surface area contributed by atoms with E-state index in [9.17, 15) is 5.11 Å². The highest BCUT2D eigenvalue weighted by atomic mass is 16.3. The number of para-hydroxylation sites is 1. The molecule has 3 aromatic rings. The van der Waals surface area contributed by atoms with Crippen molar-refractivity contribution >= 4 is 16.7 Å². The van der Waals surface area contributed by atoms with E-state index in [4.69, 9.17) is 15.7 Å². The van der Waals surface area contributed by atoms with Crippen LogP contribution in [0.1, 0.15) is 6.42 Å². The zero-order valence-corrected chi connectivity index (χ0v) is 13.3. The molecule has 1 aliphatic rings. The van der Waals surface area contributed by atoms with Crippen molar-refractivity contribution in [2.75, 3.05) is 18.0 Å². The largest absolute Gasteiger partial charge is 0.391 e. The molecule has 0 unspecified atom stereocenters. The van der Waals surface area contributed by atoms with Crippen LogP contribution in [0.15, 0.2) is 54.6 Å². The molecule has 0 amide bonds. The van der Waals surface area contributed by atoms with Crippen molar-refractivity contribution in [1.82, 2.24) is 9.97 Å². The van der Waals surface area contributed by atoms with E-state index in [-0.39, 0.29) is 6.04 Å². The van der Waals surface area contributed by atoms with Gasteiger partial charge in [0.05, 0.1) is 11.6 Å². The molecule has 1 aliphatic heterocycles. The second kappa shape index (κ2) is 6.19. The van der Waals surface area contributed by atoms with Gasteiger partial charge in [-0.25, -0.2) is 9.97 Å². The molecule has 2 heterocycles. The van der Waals surface area contributed by atoms with Crippen LogP contribution in [0.2, 0.25) is 0 Å². The van der Waals surface area contributed by atoms with Gasteiger partial charge in [0, 0.05) is 30.1 Å². The summed E-state index contributed by atoms with van der Waals surface area (Å²) in [6, 6.07) is 17.9. The first-order valence-corrected chi connectivity index (χ1v) is 8.21. The van der Waals surface area contributed by atoms with Crippen LogP contribution in [0.5, 0.6) is 0 Å². The highest BCUT2D eigenvalue weighted by molar-refractivity contribution is 5.91. The quantitative estimate of drug-likeness (QED) is 0.757. The van der Waals surface area contributed by atoms with Gasteiger partial charge in [0.1, 0.15) is 5.82 Å². The summed E-state index contributed by atoms with van der Waals surface area (Å²) in [5.74, 6) is 1.53. The number of rotatable bonds is 2. The van der Waals surface area contributed by atoms with Gasteiger partial charge in [-0.05, 0) is 18.6 Å². The molecular weight excluding hydrogens is 300 g/mol. The Morgan fingerprint density at radius 1 is 0.958 bits per heavy atom. The maximum atomic E-state index is 10.1. The molecule has 1 saturated heterocycles. The van der Waals surface area contributed by atoms with Crippen LogP contribution in [-0.4, -0.2) is 40.3 Å². The van der Waals surface area contributed by atoms with Gasteiger partial charge in [0.15, 0.2) is 5.82 Å². The first-order valence-electron chi connectivity index (χ1n) is 8.21. The van der Waals surface area contributed by atoms with Crippen molar-refractivity contribution in [3.05, 3.63) is 54.6 Å². The highest BCUT2D eigenvalue weighted by Crippen LogP contribution is 2.29. The fourth-order valence-corrected chi connectivity index (χ4v) is 3.30. The minimum Gasteiger partial charge on any atom is -0.391 e. The average molecular weight is 320 g/mol. The zero-order chi connectivity index (χ0) is 16.5. The Labute approximate surface area is 140 Å². The number of aromatic nitrogens is 2. The maximum absolute atomic E-state index is 10.1. The Morgan fingerprint density at radius 2 is 1.71 bits per heavy atom. The molecule has 1 fully saturated rings. The Bertz CT molecular complexity index is 842. The first kappa shape index (κ1) is 15.1. The average Bonchev–Trinajstić information content (AvgIpc) is 2.60. The number of aliphatic hydroxyl groups excluding tert-OH is 1. The summed E-state index contributed by atoms with van der Waals surface area (Å²) in [5.41, 5.74) is 7.98. The van der Waals surface area contributed by atoms with E-state index >= 15 is 0 Å². The van der Waals surface area contributed by atoms with E-state index < -0.39 is 6.10 Å². The van der Waals surface area contributed by atoms with Crippen molar-refractivity contribution in [1.29, 1.82) is 0 Å². The molecule has 3 N–H and O–H groups in total. The molecule has 0 bridgehead atoms. The number of hydrogen-bond donors (Lipinski definition) is 2. The highest BCUT2D eigenvalue weighted by Gasteiger charge is 2.26. The summed E-state index contributed by atoms with van der Waals surface area (Å²) in [5, 5.41) is 11.1. The molecule has 5 heteroatoms. The lowest BCUT2D eigenvalue weighted by Crippen LogP contribution is -2.49.